The van der Waals surface area contributed by atoms with Crippen LogP contribution in [0.3, 0.4) is 0 Å². The molecule has 1 N–H and O–H groups in total. The molecule has 8 heteroatoms. The monoisotopic (exact) mass is 411 g/mol. The topological polar surface area (TPSA) is 55.4 Å². The summed E-state index contributed by atoms with van der Waals surface area (Å²) in [5, 5.41) is 2.17. The smallest absolute Gasteiger partial charge is 0.416 e. The average molecular weight is 412 g/mol. The molecule has 0 heterocycles. The number of aryl methyl sites for hydroxylation is 1. The van der Waals surface area contributed by atoms with E-state index in [4.69, 9.17) is 16.3 Å². The summed E-state index contributed by atoms with van der Waals surface area (Å²) in [6.07, 6.45) is -3.13. The molecule has 1 amide bonds. The van der Waals surface area contributed by atoms with E-state index >= 15 is 0 Å². The fraction of sp³-hybridized carbons (Fsp3) is 0.200. The van der Waals surface area contributed by atoms with Gasteiger partial charge < -0.3 is 10.1 Å². The summed E-state index contributed by atoms with van der Waals surface area (Å²) in [6, 6.07) is 9.92. The maximum Gasteiger partial charge on any atom is 0.416 e. The van der Waals surface area contributed by atoms with E-state index in [9.17, 15) is 22.8 Å². The highest BCUT2D eigenvalue weighted by Crippen LogP contribution is 2.33. The number of halogens is 4. The van der Waals surface area contributed by atoms with Crippen LogP contribution in [0.2, 0.25) is 5.02 Å². The molecule has 2 aromatic carbocycles. The van der Waals surface area contributed by atoms with Gasteiger partial charge in [0.1, 0.15) is 0 Å². The van der Waals surface area contributed by atoms with Gasteiger partial charge in [0.2, 0.25) is 0 Å². The Balaban J connectivity index is 1.99. The minimum atomic E-state index is -4.58. The van der Waals surface area contributed by atoms with E-state index in [1.54, 1.807) is 0 Å². The van der Waals surface area contributed by atoms with E-state index in [1.807, 2.05) is 31.2 Å². The minimum Gasteiger partial charge on any atom is -0.449 e. The third kappa shape index (κ3) is 6.13. The van der Waals surface area contributed by atoms with Crippen LogP contribution in [0.15, 0.2) is 48.5 Å². The number of carbonyl (C=O) groups excluding carboxylic acids is 2. The number of hydrogen-bond donors (Lipinski definition) is 1. The molecule has 2 aromatic rings. The maximum atomic E-state index is 12.8. The van der Waals surface area contributed by atoms with Gasteiger partial charge in [-0.2, -0.15) is 13.2 Å². The highest BCUT2D eigenvalue weighted by molar-refractivity contribution is 6.33. The van der Waals surface area contributed by atoms with Gasteiger partial charge in [-0.3, -0.25) is 4.79 Å². The molecule has 0 aliphatic carbocycles. The zero-order valence-electron chi connectivity index (χ0n) is 15.0. The van der Waals surface area contributed by atoms with Gasteiger partial charge in [0, 0.05) is 6.08 Å². The molecule has 28 heavy (non-hydrogen) atoms. The molecule has 0 saturated carbocycles. The van der Waals surface area contributed by atoms with Crippen LogP contribution < -0.4 is 5.32 Å². The summed E-state index contributed by atoms with van der Waals surface area (Å²) >= 11 is 5.83. The van der Waals surface area contributed by atoms with E-state index in [0.717, 1.165) is 29.3 Å². The minimum absolute atomic E-state index is 0.0702. The van der Waals surface area contributed by atoms with Crippen molar-refractivity contribution in [3.05, 3.63) is 70.3 Å². The van der Waals surface area contributed by atoms with Gasteiger partial charge in [-0.05, 0) is 43.7 Å². The van der Waals surface area contributed by atoms with E-state index in [-0.39, 0.29) is 10.7 Å². The Morgan fingerprint density at radius 1 is 1.14 bits per heavy atom. The maximum absolute atomic E-state index is 12.8. The number of ether oxygens (including phenoxy) is 1. The van der Waals surface area contributed by atoms with Crippen molar-refractivity contribution >= 4 is 35.2 Å². The molecule has 0 aromatic heterocycles. The molecular formula is C20H17ClF3NO3. The highest BCUT2D eigenvalue weighted by atomic mass is 35.5. The predicted molar refractivity (Wildman–Crippen MR) is 101 cm³/mol. The van der Waals surface area contributed by atoms with Crippen LogP contribution in [0, 0.1) is 6.92 Å². The van der Waals surface area contributed by atoms with Gasteiger partial charge in [-0.25, -0.2) is 4.79 Å². The lowest BCUT2D eigenvalue weighted by Crippen LogP contribution is -2.29. The van der Waals surface area contributed by atoms with Crippen molar-refractivity contribution in [2.24, 2.45) is 0 Å². The van der Waals surface area contributed by atoms with Crippen LogP contribution in [0.4, 0.5) is 18.9 Å². The summed E-state index contributed by atoms with van der Waals surface area (Å²) < 4.78 is 43.3. The molecule has 0 fully saturated rings. The predicted octanol–water partition coefficient (Wildman–Crippen LogP) is 5.25. The quantitative estimate of drug-likeness (QED) is 0.540. The normalized spacial score (nSPS) is 12.6. The number of carbonyl (C=O) groups is 2. The van der Waals surface area contributed by atoms with Crippen LogP contribution in [0.5, 0.6) is 0 Å². The number of anilines is 1. The molecule has 148 valence electrons. The number of nitrogens with one attached hydrogen (secondary N) is 1. The first kappa shape index (κ1) is 21.5. The molecule has 4 nitrogen and oxygen atoms in total. The van der Waals surface area contributed by atoms with Crippen LogP contribution in [0.25, 0.3) is 6.08 Å². The second-order valence-electron chi connectivity index (χ2n) is 6.00. The molecule has 1 atom stereocenters. The zero-order valence-corrected chi connectivity index (χ0v) is 15.8. The lowest BCUT2D eigenvalue weighted by Gasteiger charge is -2.15. The van der Waals surface area contributed by atoms with Crippen molar-refractivity contribution in [1.82, 2.24) is 0 Å². The fourth-order valence-electron chi connectivity index (χ4n) is 2.14. The first-order valence-electron chi connectivity index (χ1n) is 8.19. The van der Waals surface area contributed by atoms with Gasteiger partial charge in [0.05, 0.1) is 16.3 Å². The van der Waals surface area contributed by atoms with Crippen molar-refractivity contribution in [3.63, 3.8) is 0 Å². The van der Waals surface area contributed by atoms with Gasteiger partial charge >= 0.3 is 12.1 Å². The molecule has 0 aliphatic rings. The van der Waals surface area contributed by atoms with Crippen LogP contribution in [-0.4, -0.2) is 18.0 Å². The molecule has 0 bridgehead atoms. The Kier molecular flexibility index (Phi) is 6.85. The summed E-state index contributed by atoms with van der Waals surface area (Å²) in [6.45, 7) is 3.23. The molecular weight excluding hydrogens is 395 g/mol. The molecule has 0 radical (unpaired) electrons. The molecule has 2 rings (SSSR count). The third-order valence-electron chi connectivity index (χ3n) is 3.70. The van der Waals surface area contributed by atoms with Crippen molar-refractivity contribution in [2.45, 2.75) is 26.1 Å². The Labute approximate surface area is 165 Å². The van der Waals surface area contributed by atoms with E-state index < -0.39 is 29.7 Å². The van der Waals surface area contributed by atoms with Crippen molar-refractivity contribution < 1.29 is 27.5 Å². The zero-order chi connectivity index (χ0) is 20.9. The number of hydrogen-bond acceptors (Lipinski definition) is 3. The number of alkyl halides is 3. The second-order valence-corrected chi connectivity index (χ2v) is 6.41. The standard InChI is InChI=1S/C20H17ClF3NO3/c1-12-3-5-14(6-4-12)7-10-18(26)28-13(2)19(27)25-17-11-15(20(22,23)24)8-9-16(17)21/h3-11,13H,1-2H3,(H,25,27)/b10-7+/t13-/m0/s1. The summed E-state index contributed by atoms with van der Waals surface area (Å²) in [5.41, 5.74) is 0.658. The summed E-state index contributed by atoms with van der Waals surface area (Å²) in [4.78, 5) is 24.0. The van der Waals surface area contributed by atoms with E-state index in [2.05, 4.69) is 5.32 Å². The van der Waals surface area contributed by atoms with Gasteiger partial charge in [0.25, 0.3) is 5.91 Å². The number of amides is 1. The number of esters is 1. The van der Waals surface area contributed by atoms with E-state index in [1.165, 1.54) is 13.0 Å². The fourth-order valence-corrected chi connectivity index (χ4v) is 2.31. The van der Waals surface area contributed by atoms with E-state index in [0.29, 0.717) is 6.07 Å². The number of rotatable bonds is 5. The largest absolute Gasteiger partial charge is 0.449 e. The average Bonchev–Trinajstić information content (AvgIpc) is 2.62. The lowest BCUT2D eigenvalue weighted by molar-refractivity contribution is -0.148. The molecule has 0 aliphatic heterocycles. The number of benzene rings is 2. The van der Waals surface area contributed by atoms with Gasteiger partial charge in [0.15, 0.2) is 6.10 Å². The Bertz CT molecular complexity index is 893. The molecule has 0 saturated heterocycles. The Morgan fingerprint density at radius 3 is 2.39 bits per heavy atom. The Morgan fingerprint density at radius 2 is 1.79 bits per heavy atom. The Hall–Kier alpha value is -2.80. The molecule has 0 unspecified atom stereocenters. The summed E-state index contributed by atoms with van der Waals surface area (Å²) in [7, 11) is 0. The van der Waals surface area contributed by atoms with Crippen molar-refractivity contribution in [3.8, 4) is 0 Å². The third-order valence-corrected chi connectivity index (χ3v) is 4.03. The first-order valence-corrected chi connectivity index (χ1v) is 8.57. The van der Waals surface area contributed by atoms with Gasteiger partial charge in [-0.1, -0.05) is 41.4 Å². The SMILES string of the molecule is Cc1ccc(/C=C/C(=O)O[C@@H](C)C(=O)Nc2cc(C(F)(F)F)ccc2Cl)cc1. The highest BCUT2D eigenvalue weighted by Gasteiger charge is 2.31. The lowest BCUT2D eigenvalue weighted by atomic mass is 10.1. The van der Waals surface area contributed by atoms with Crippen LogP contribution in [-0.2, 0) is 20.5 Å². The van der Waals surface area contributed by atoms with Crippen molar-refractivity contribution in [2.75, 3.05) is 5.32 Å². The van der Waals surface area contributed by atoms with Crippen molar-refractivity contribution in [1.29, 1.82) is 0 Å². The molecule has 0 spiro atoms. The van der Waals surface area contributed by atoms with Crippen LogP contribution in [0.1, 0.15) is 23.6 Å². The second kappa shape index (κ2) is 8.93. The van der Waals surface area contributed by atoms with Gasteiger partial charge in [-0.15, -0.1) is 0 Å². The summed E-state index contributed by atoms with van der Waals surface area (Å²) in [5.74, 6) is -1.57. The van der Waals surface area contributed by atoms with Crippen LogP contribution >= 0.6 is 11.6 Å². The first-order chi connectivity index (χ1) is 13.1.